The molecule has 0 amide bonds. The number of hydrogen-bond donors (Lipinski definition) is 0. The number of benzene rings is 2. The van der Waals surface area contributed by atoms with Gasteiger partial charge in [0.2, 0.25) is 0 Å². The van der Waals surface area contributed by atoms with Gasteiger partial charge in [0.05, 0.1) is 0 Å². The topological polar surface area (TPSA) is 0 Å². The minimum absolute atomic E-state index is 1.43. The SMILES string of the molecule is [CH3][Ge]([CH3])([CH2]CCCC[CH2][Ge]([CH3])([CH3])[c]1ccccc1)[c]1ccccc1. The van der Waals surface area contributed by atoms with Crippen LogP contribution in [0.5, 0.6) is 0 Å². The average Bonchev–Trinajstić information content (AvgIpc) is 2.59. The van der Waals surface area contributed by atoms with Crippen molar-refractivity contribution in [2.45, 2.75) is 59.2 Å². The van der Waals surface area contributed by atoms with Crippen molar-refractivity contribution in [2.24, 2.45) is 0 Å². The van der Waals surface area contributed by atoms with Crippen molar-refractivity contribution in [3.05, 3.63) is 60.7 Å². The van der Waals surface area contributed by atoms with Crippen LogP contribution >= 0.6 is 0 Å². The van der Waals surface area contributed by atoms with Crippen molar-refractivity contribution in [3.8, 4) is 0 Å². The van der Waals surface area contributed by atoms with E-state index in [2.05, 4.69) is 83.7 Å². The summed E-state index contributed by atoms with van der Waals surface area (Å²) in [7, 11) is 0. The van der Waals surface area contributed by atoms with Gasteiger partial charge in [-0.3, -0.25) is 0 Å². The molecule has 2 aromatic rings. The average molecular weight is 444 g/mol. The minimum atomic E-state index is -1.75. The molecule has 0 atom stereocenters. The quantitative estimate of drug-likeness (QED) is 0.340. The van der Waals surface area contributed by atoms with Gasteiger partial charge in [-0.2, -0.15) is 0 Å². The van der Waals surface area contributed by atoms with Gasteiger partial charge < -0.3 is 0 Å². The van der Waals surface area contributed by atoms with E-state index < -0.39 is 26.5 Å². The van der Waals surface area contributed by atoms with Crippen molar-refractivity contribution in [1.29, 1.82) is 0 Å². The molecule has 0 bridgehead atoms. The molecule has 0 saturated carbocycles. The molecule has 2 heteroatoms. The van der Waals surface area contributed by atoms with Gasteiger partial charge >= 0.3 is 155 Å². The van der Waals surface area contributed by atoms with Crippen LogP contribution in [0.15, 0.2) is 60.7 Å². The van der Waals surface area contributed by atoms with Crippen LogP contribution in [0, 0.1) is 0 Å². The zero-order chi connectivity index (χ0) is 17.5. The summed E-state index contributed by atoms with van der Waals surface area (Å²) in [6.45, 7) is 0. The van der Waals surface area contributed by atoms with E-state index in [1.54, 1.807) is 8.79 Å². The van der Waals surface area contributed by atoms with E-state index in [0.29, 0.717) is 0 Å². The van der Waals surface area contributed by atoms with Gasteiger partial charge in [0.15, 0.2) is 0 Å². The molecule has 2 rings (SSSR count). The van der Waals surface area contributed by atoms with Crippen LogP contribution in [0.3, 0.4) is 0 Å². The molecule has 0 aliphatic heterocycles. The maximum atomic E-state index is 2.57. The fraction of sp³-hybridized carbons (Fsp3) is 0.455. The molecule has 130 valence electrons. The molecule has 0 fully saturated rings. The van der Waals surface area contributed by atoms with E-state index >= 15 is 0 Å². The van der Waals surface area contributed by atoms with Crippen LogP contribution in [0.2, 0.25) is 33.5 Å². The molecule has 2 aromatic carbocycles. The second-order valence-electron chi connectivity index (χ2n) is 8.41. The third-order valence-corrected chi connectivity index (χ3v) is 20.1. The van der Waals surface area contributed by atoms with Crippen LogP contribution in [0.25, 0.3) is 0 Å². The molecule has 0 aliphatic carbocycles. The summed E-state index contributed by atoms with van der Waals surface area (Å²) in [4.78, 5) is 0. The van der Waals surface area contributed by atoms with Gasteiger partial charge in [0, 0.05) is 0 Å². The Morgan fingerprint density at radius 2 is 0.833 bits per heavy atom. The van der Waals surface area contributed by atoms with Gasteiger partial charge in [-0.05, 0) is 0 Å². The maximum absolute atomic E-state index is 2.57. The molecule has 0 unspecified atom stereocenters. The van der Waals surface area contributed by atoms with E-state index in [9.17, 15) is 0 Å². The van der Waals surface area contributed by atoms with Crippen LogP contribution in [0.4, 0.5) is 0 Å². The first-order valence-corrected chi connectivity index (χ1v) is 23.0. The normalized spacial score (nSPS) is 12.3. The molecule has 0 radical (unpaired) electrons. The fourth-order valence-corrected chi connectivity index (χ4v) is 14.1. The number of hydrogen-bond acceptors (Lipinski definition) is 0. The van der Waals surface area contributed by atoms with Crippen molar-refractivity contribution < 1.29 is 0 Å². The fourth-order valence-electron chi connectivity index (χ4n) is 3.55. The predicted molar refractivity (Wildman–Crippen MR) is 115 cm³/mol. The molecule has 0 saturated heterocycles. The monoisotopic (exact) mass is 446 g/mol. The Morgan fingerprint density at radius 3 is 1.17 bits per heavy atom. The van der Waals surface area contributed by atoms with Gasteiger partial charge in [0.25, 0.3) is 0 Å². The summed E-state index contributed by atoms with van der Waals surface area (Å²) in [6, 6.07) is 22.5. The zero-order valence-corrected chi connectivity index (χ0v) is 20.2. The summed E-state index contributed by atoms with van der Waals surface area (Å²) < 4.78 is 3.33. The number of rotatable bonds is 9. The van der Waals surface area contributed by atoms with E-state index in [0.717, 1.165) is 0 Å². The Kier molecular flexibility index (Phi) is 7.68. The Hall–Kier alpha value is -0.474. The van der Waals surface area contributed by atoms with Gasteiger partial charge in [-0.15, -0.1) is 0 Å². The summed E-state index contributed by atoms with van der Waals surface area (Å²) in [5.41, 5.74) is 0. The van der Waals surface area contributed by atoms with E-state index in [1.807, 2.05) is 0 Å². The summed E-state index contributed by atoms with van der Waals surface area (Å²) >= 11 is -3.50. The molecule has 0 heterocycles. The van der Waals surface area contributed by atoms with Crippen LogP contribution in [-0.4, -0.2) is 26.5 Å². The van der Waals surface area contributed by atoms with E-state index in [1.165, 1.54) is 36.2 Å². The summed E-state index contributed by atoms with van der Waals surface area (Å²) in [6.07, 6.45) is 5.71. The van der Waals surface area contributed by atoms with Crippen molar-refractivity contribution in [2.75, 3.05) is 0 Å². The third kappa shape index (κ3) is 6.11. The molecule has 0 nitrogen and oxygen atoms in total. The first-order valence-electron chi connectivity index (χ1n) is 9.53. The number of unbranched alkanes of at least 4 members (excludes halogenated alkanes) is 3. The second kappa shape index (κ2) is 9.29. The Labute approximate surface area is 154 Å². The Bertz CT molecular complexity index is 532. The molecule has 0 aromatic heterocycles. The van der Waals surface area contributed by atoms with Crippen LogP contribution in [0.1, 0.15) is 25.7 Å². The molecule has 0 N–H and O–H groups in total. The Balaban J connectivity index is 1.68. The second-order valence-corrected chi connectivity index (χ2v) is 28.7. The predicted octanol–water partition coefficient (Wildman–Crippen LogP) is 5.78. The van der Waals surface area contributed by atoms with Crippen molar-refractivity contribution in [3.63, 3.8) is 0 Å². The molecular weight excluding hydrogens is 409 g/mol. The van der Waals surface area contributed by atoms with Crippen LogP contribution in [-0.2, 0) is 0 Å². The van der Waals surface area contributed by atoms with Crippen molar-refractivity contribution >= 4 is 35.3 Å². The third-order valence-electron chi connectivity index (χ3n) is 5.46. The van der Waals surface area contributed by atoms with E-state index in [4.69, 9.17) is 0 Å². The molecule has 24 heavy (non-hydrogen) atoms. The summed E-state index contributed by atoms with van der Waals surface area (Å²) in [5.74, 6) is 10.3. The van der Waals surface area contributed by atoms with E-state index in [-0.39, 0.29) is 0 Å². The first kappa shape index (κ1) is 19.8. The first-order chi connectivity index (χ1) is 11.4. The molecule has 0 spiro atoms. The van der Waals surface area contributed by atoms with Crippen LogP contribution < -0.4 is 8.79 Å². The van der Waals surface area contributed by atoms with Gasteiger partial charge in [-0.25, -0.2) is 0 Å². The van der Waals surface area contributed by atoms with Crippen molar-refractivity contribution in [1.82, 2.24) is 0 Å². The summed E-state index contributed by atoms with van der Waals surface area (Å²) in [5, 5.41) is 2.96. The Morgan fingerprint density at radius 1 is 0.500 bits per heavy atom. The standard InChI is InChI=1S/C22H34Ge2/c1-23(2,21-15-9-7-10-16-21)19-13-5-6-14-20-24(3,4)22-17-11-8-12-18-22/h7-12,15-18H,5-6,13-14,19-20H2,1-4H3. The molecule has 0 aliphatic rings. The van der Waals surface area contributed by atoms with Gasteiger partial charge in [0.1, 0.15) is 0 Å². The molecular formula is C22H34Ge2. The van der Waals surface area contributed by atoms with Gasteiger partial charge in [-0.1, -0.05) is 0 Å². The zero-order valence-electron chi connectivity index (χ0n) is 16.0.